The number of benzene rings is 2. The highest BCUT2D eigenvalue weighted by atomic mass is 16.5. The predicted octanol–water partition coefficient (Wildman–Crippen LogP) is 5.09. The maximum atomic E-state index is 12.6. The molecule has 0 aliphatic carbocycles. The number of para-hydroxylation sites is 2. The summed E-state index contributed by atoms with van der Waals surface area (Å²) < 4.78 is 5.63. The second-order valence-corrected chi connectivity index (χ2v) is 6.19. The van der Waals surface area contributed by atoms with Crippen molar-refractivity contribution in [1.82, 2.24) is 4.98 Å². The van der Waals surface area contributed by atoms with Gasteiger partial charge in [-0.1, -0.05) is 24.3 Å². The quantitative estimate of drug-likeness (QED) is 0.642. The Kier molecular flexibility index (Phi) is 5.71. The zero-order valence-electron chi connectivity index (χ0n) is 15.7. The molecule has 0 saturated heterocycles. The van der Waals surface area contributed by atoms with Crippen LogP contribution in [0.25, 0.3) is 0 Å². The van der Waals surface area contributed by atoms with Crippen LogP contribution in [0.15, 0.2) is 60.8 Å². The molecule has 3 aromatic rings. The number of nitrogens with zero attached hydrogens (tertiary/aromatic N) is 1. The van der Waals surface area contributed by atoms with Gasteiger partial charge in [-0.2, -0.15) is 0 Å². The molecule has 27 heavy (non-hydrogen) atoms. The van der Waals surface area contributed by atoms with Crippen molar-refractivity contribution in [2.75, 3.05) is 17.2 Å². The summed E-state index contributed by atoms with van der Waals surface area (Å²) in [6.07, 6.45) is 1.61. The number of aryl methyl sites for hydroxylation is 1. The minimum atomic E-state index is -0.245. The summed E-state index contributed by atoms with van der Waals surface area (Å²) in [6, 6.07) is 17.1. The predicted molar refractivity (Wildman–Crippen MR) is 109 cm³/mol. The number of nitrogens with one attached hydrogen (secondary N) is 2. The number of ether oxygens (including phenoxy) is 1. The number of carbonyl (C=O) groups is 1. The fourth-order valence-corrected chi connectivity index (χ4v) is 2.71. The lowest BCUT2D eigenvalue weighted by Gasteiger charge is -2.13. The summed E-state index contributed by atoms with van der Waals surface area (Å²) in [6.45, 7) is 6.53. The Labute approximate surface area is 159 Å². The van der Waals surface area contributed by atoms with Crippen LogP contribution in [0.3, 0.4) is 0 Å². The molecule has 0 atom stereocenters. The molecule has 3 rings (SSSR count). The van der Waals surface area contributed by atoms with Crippen molar-refractivity contribution < 1.29 is 9.53 Å². The summed E-state index contributed by atoms with van der Waals surface area (Å²) in [5, 5.41) is 6.23. The van der Waals surface area contributed by atoms with E-state index in [0.717, 1.165) is 33.9 Å². The van der Waals surface area contributed by atoms with Crippen LogP contribution in [0.1, 0.15) is 28.5 Å². The molecule has 0 aliphatic heterocycles. The highest BCUT2D eigenvalue weighted by Crippen LogP contribution is 2.27. The van der Waals surface area contributed by atoms with Gasteiger partial charge >= 0.3 is 0 Å². The van der Waals surface area contributed by atoms with E-state index < -0.39 is 0 Å². The summed E-state index contributed by atoms with van der Waals surface area (Å²) in [7, 11) is 0. The number of hydrogen-bond donors (Lipinski definition) is 2. The molecule has 1 amide bonds. The van der Waals surface area contributed by atoms with Crippen molar-refractivity contribution >= 4 is 23.0 Å². The van der Waals surface area contributed by atoms with Gasteiger partial charge in [-0.25, -0.2) is 0 Å². The molecule has 0 saturated carbocycles. The Morgan fingerprint density at radius 1 is 1.04 bits per heavy atom. The Hall–Kier alpha value is -3.34. The van der Waals surface area contributed by atoms with Gasteiger partial charge in [-0.15, -0.1) is 0 Å². The van der Waals surface area contributed by atoms with Gasteiger partial charge in [0, 0.05) is 17.6 Å². The molecule has 138 valence electrons. The summed E-state index contributed by atoms with van der Waals surface area (Å²) in [5.74, 6) is 0.517. The molecule has 0 radical (unpaired) electrons. The largest absolute Gasteiger partial charge is 0.492 e. The maximum absolute atomic E-state index is 12.6. The van der Waals surface area contributed by atoms with Crippen LogP contribution in [-0.2, 0) is 0 Å². The van der Waals surface area contributed by atoms with E-state index in [9.17, 15) is 4.79 Å². The fraction of sp³-hybridized carbons (Fsp3) is 0.182. The number of anilines is 3. The molecule has 0 fully saturated rings. The zero-order valence-corrected chi connectivity index (χ0v) is 15.7. The Morgan fingerprint density at radius 2 is 1.81 bits per heavy atom. The first kappa shape index (κ1) is 18.5. The van der Waals surface area contributed by atoms with E-state index in [4.69, 9.17) is 4.74 Å². The van der Waals surface area contributed by atoms with Crippen molar-refractivity contribution in [2.24, 2.45) is 0 Å². The number of hydrogen-bond acceptors (Lipinski definition) is 4. The van der Waals surface area contributed by atoms with E-state index in [2.05, 4.69) is 15.6 Å². The second-order valence-electron chi connectivity index (χ2n) is 6.19. The zero-order chi connectivity index (χ0) is 19.2. The average molecular weight is 361 g/mol. The number of amides is 1. The van der Waals surface area contributed by atoms with E-state index in [1.807, 2.05) is 69.3 Å². The topological polar surface area (TPSA) is 63.2 Å². The third-order valence-electron chi connectivity index (χ3n) is 4.31. The van der Waals surface area contributed by atoms with Crippen molar-refractivity contribution in [2.45, 2.75) is 20.8 Å². The van der Waals surface area contributed by atoms with Crippen molar-refractivity contribution in [3.05, 3.63) is 77.6 Å². The van der Waals surface area contributed by atoms with Crippen LogP contribution in [0.4, 0.5) is 17.1 Å². The van der Waals surface area contributed by atoms with Crippen LogP contribution in [0.5, 0.6) is 5.75 Å². The van der Waals surface area contributed by atoms with Gasteiger partial charge in [0.05, 0.1) is 12.3 Å². The molecule has 0 unspecified atom stereocenters. The number of pyridine rings is 1. The van der Waals surface area contributed by atoms with Crippen LogP contribution in [0.2, 0.25) is 0 Å². The lowest BCUT2D eigenvalue weighted by molar-refractivity contribution is 0.102. The van der Waals surface area contributed by atoms with E-state index >= 15 is 0 Å². The third kappa shape index (κ3) is 4.44. The van der Waals surface area contributed by atoms with E-state index in [1.165, 1.54) is 0 Å². The molecular formula is C22H23N3O2. The second kappa shape index (κ2) is 8.36. The molecule has 0 aliphatic rings. The standard InChI is InChI=1S/C22H23N3O2/c1-4-27-21-11-6-5-9-19(21)24-17-12-13-23-20(14-17)22(26)25-18-10-7-8-15(2)16(18)3/h5-14H,4H2,1-3H3,(H,23,24)(H,25,26). The van der Waals surface area contributed by atoms with E-state index in [-0.39, 0.29) is 5.91 Å². The Bertz CT molecular complexity index is 954. The lowest BCUT2D eigenvalue weighted by Crippen LogP contribution is -2.14. The Morgan fingerprint density at radius 3 is 2.63 bits per heavy atom. The molecular weight excluding hydrogens is 338 g/mol. The normalized spacial score (nSPS) is 10.3. The minimum absolute atomic E-state index is 0.245. The van der Waals surface area contributed by atoms with E-state index in [1.54, 1.807) is 12.3 Å². The monoisotopic (exact) mass is 361 g/mol. The fourth-order valence-electron chi connectivity index (χ4n) is 2.71. The molecule has 1 aromatic heterocycles. The number of carbonyl (C=O) groups excluding carboxylic acids is 1. The van der Waals surface area contributed by atoms with Gasteiger partial charge in [-0.05, 0) is 62.2 Å². The number of aromatic nitrogens is 1. The van der Waals surface area contributed by atoms with Gasteiger partial charge in [0.25, 0.3) is 5.91 Å². The molecule has 0 spiro atoms. The first-order valence-electron chi connectivity index (χ1n) is 8.91. The molecule has 5 heteroatoms. The highest BCUT2D eigenvalue weighted by molar-refractivity contribution is 6.03. The van der Waals surface area contributed by atoms with Crippen LogP contribution >= 0.6 is 0 Å². The smallest absolute Gasteiger partial charge is 0.274 e. The van der Waals surface area contributed by atoms with Crippen molar-refractivity contribution in [1.29, 1.82) is 0 Å². The van der Waals surface area contributed by atoms with Gasteiger partial charge < -0.3 is 15.4 Å². The van der Waals surface area contributed by atoms with Crippen molar-refractivity contribution in [3.63, 3.8) is 0 Å². The number of rotatable bonds is 6. The minimum Gasteiger partial charge on any atom is -0.492 e. The van der Waals surface area contributed by atoms with Gasteiger partial charge in [-0.3, -0.25) is 9.78 Å². The third-order valence-corrected chi connectivity index (χ3v) is 4.31. The van der Waals surface area contributed by atoms with Crippen LogP contribution in [0, 0.1) is 13.8 Å². The van der Waals surface area contributed by atoms with Gasteiger partial charge in [0.1, 0.15) is 11.4 Å². The van der Waals surface area contributed by atoms with Crippen LogP contribution < -0.4 is 15.4 Å². The van der Waals surface area contributed by atoms with Crippen LogP contribution in [-0.4, -0.2) is 17.5 Å². The van der Waals surface area contributed by atoms with Crippen molar-refractivity contribution in [3.8, 4) is 5.75 Å². The average Bonchev–Trinajstić information content (AvgIpc) is 2.67. The van der Waals surface area contributed by atoms with Gasteiger partial charge in [0.15, 0.2) is 0 Å². The molecule has 5 nitrogen and oxygen atoms in total. The lowest BCUT2D eigenvalue weighted by atomic mass is 10.1. The molecule has 2 aromatic carbocycles. The summed E-state index contributed by atoms with van der Waals surface area (Å²) in [5.41, 5.74) is 4.92. The molecule has 2 N–H and O–H groups in total. The molecule has 0 bridgehead atoms. The first-order valence-corrected chi connectivity index (χ1v) is 8.91. The van der Waals surface area contributed by atoms with E-state index in [0.29, 0.717) is 12.3 Å². The first-order chi connectivity index (χ1) is 13.1. The van der Waals surface area contributed by atoms with Gasteiger partial charge in [0.2, 0.25) is 0 Å². The summed E-state index contributed by atoms with van der Waals surface area (Å²) >= 11 is 0. The highest BCUT2D eigenvalue weighted by Gasteiger charge is 2.11. The maximum Gasteiger partial charge on any atom is 0.274 e. The Balaban J connectivity index is 1.79. The SMILES string of the molecule is CCOc1ccccc1Nc1ccnc(C(=O)Nc2cccc(C)c2C)c1. The molecule has 1 heterocycles. The summed E-state index contributed by atoms with van der Waals surface area (Å²) in [4.78, 5) is 16.8.